The van der Waals surface area contributed by atoms with Gasteiger partial charge in [-0.3, -0.25) is 4.79 Å². The number of unbranched alkanes of at least 4 members (excludes halogenated alkanes) is 5. The van der Waals surface area contributed by atoms with E-state index >= 15 is 0 Å². The van der Waals surface area contributed by atoms with Gasteiger partial charge >= 0.3 is 65.1 Å². The van der Waals surface area contributed by atoms with Gasteiger partial charge in [-0.15, -0.1) is 0 Å². The van der Waals surface area contributed by atoms with Gasteiger partial charge in [-0.2, -0.15) is 0 Å². The van der Waals surface area contributed by atoms with E-state index in [1.54, 1.807) is 0 Å². The van der Waals surface area contributed by atoms with Gasteiger partial charge in [-0.1, -0.05) is 46.6 Å². The normalized spacial score (nSPS) is 12.0. The Morgan fingerprint density at radius 2 is 1.58 bits per heavy atom. The molecule has 0 aliphatic heterocycles. The maximum absolute atomic E-state index is 11.1. The molecule has 0 fully saturated rings. The third-order valence-electron chi connectivity index (χ3n) is 2.56. The molecule has 0 aliphatic rings. The molecule has 0 aliphatic carbocycles. The summed E-state index contributed by atoms with van der Waals surface area (Å²) in [5, 5.41) is 0. The molecule has 0 heterocycles. The van der Waals surface area contributed by atoms with Crippen LogP contribution in [0.2, 0.25) is 0 Å². The Morgan fingerprint density at radius 1 is 1.11 bits per heavy atom. The van der Waals surface area contributed by atoms with Crippen LogP contribution in [-0.4, -0.2) is 18.2 Å². The summed E-state index contributed by atoms with van der Waals surface area (Å²) < 4.78 is 15.3. The number of rotatable bonds is 9. The fourth-order valence-corrected chi connectivity index (χ4v) is 1.64. The third-order valence-corrected chi connectivity index (χ3v) is 3.72. The van der Waals surface area contributed by atoms with E-state index in [-0.39, 0.29) is 65.7 Å². The van der Waals surface area contributed by atoms with Gasteiger partial charge < -0.3 is 19.1 Å². The van der Waals surface area contributed by atoms with Crippen LogP contribution >= 0.6 is 7.60 Å². The second-order valence-corrected chi connectivity index (χ2v) is 6.01. The molecule has 19 heavy (non-hydrogen) atoms. The first-order valence-corrected chi connectivity index (χ1v) is 7.69. The van der Waals surface area contributed by atoms with Crippen LogP contribution in [0.4, 0.5) is 0 Å². The molecule has 0 saturated heterocycles. The third kappa shape index (κ3) is 14.3. The molecule has 0 bridgehead atoms. The van der Waals surface area contributed by atoms with Crippen LogP contribution in [0.25, 0.3) is 0 Å². The minimum absolute atomic E-state index is 0. The SMILES string of the molecule is CCCCCCCCOC(=O)C(C)P(=O)([O-])[O-].[Na+].[Na+]. The Labute approximate surface area is 160 Å². The average Bonchev–Trinajstić information content (AvgIpc) is 2.25. The van der Waals surface area contributed by atoms with Crippen molar-refractivity contribution in [3.8, 4) is 0 Å². The van der Waals surface area contributed by atoms with Crippen molar-refractivity contribution in [3.05, 3.63) is 0 Å². The number of carbonyl (C=O) groups is 1. The molecule has 5 nitrogen and oxygen atoms in total. The smallest absolute Gasteiger partial charge is 0.810 e. The first kappa shape index (κ1) is 25.6. The van der Waals surface area contributed by atoms with E-state index in [1.807, 2.05) is 0 Å². The Balaban J connectivity index is -0.00000128. The van der Waals surface area contributed by atoms with Crippen molar-refractivity contribution < 1.29 is 83.0 Å². The first-order valence-electron chi connectivity index (χ1n) is 6.08. The predicted molar refractivity (Wildman–Crippen MR) is 61.4 cm³/mol. The summed E-state index contributed by atoms with van der Waals surface area (Å²) in [6.07, 6.45) is 6.29. The van der Waals surface area contributed by atoms with Gasteiger partial charge in [-0.25, -0.2) is 0 Å². The van der Waals surface area contributed by atoms with Gasteiger partial charge in [0.15, 0.2) is 0 Å². The summed E-state index contributed by atoms with van der Waals surface area (Å²) in [6, 6.07) is 0. The van der Waals surface area contributed by atoms with Gasteiger partial charge in [-0.05, 0) is 13.3 Å². The molecule has 1 unspecified atom stereocenters. The van der Waals surface area contributed by atoms with Crippen molar-refractivity contribution in [1.82, 2.24) is 0 Å². The summed E-state index contributed by atoms with van der Waals surface area (Å²) in [5.74, 6) is -0.938. The molecule has 0 rings (SSSR count). The monoisotopic (exact) mass is 310 g/mol. The Bertz CT molecular complexity index is 270. The van der Waals surface area contributed by atoms with Crippen LogP contribution in [0.1, 0.15) is 52.4 Å². The fraction of sp³-hybridized carbons (Fsp3) is 0.909. The summed E-state index contributed by atoms with van der Waals surface area (Å²) in [4.78, 5) is 32.2. The van der Waals surface area contributed by atoms with Crippen LogP contribution < -0.4 is 68.9 Å². The molecule has 0 radical (unpaired) electrons. The summed E-state index contributed by atoms with van der Waals surface area (Å²) in [6.45, 7) is 3.38. The number of hydrogen-bond acceptors (Lipinski definition) is 5. The van der Waals surface area contributed by atoms with Gasteiger partial charge in [0.05, 0.1) is 12.3 Å². The zero-order chi connectivity index (χ0) is 13.3. The molecule has 0 aromatic carbocycles. The standard InChI is InChI=1S/C11H23O5P.2Na/c1-3-4-5-6-7-8-9-16-11(12)10(2)17(13,14)15;;/h10H,3-9H2,1-2H3,(H2,13,14,15);;/q;2*+1/p-2. The van der Waals surface area contributed by atoms with Crippen LogP contribution in [0, 0.1) is 0 Å². The van der Waals surface area contributed by atoms with E-state index in [1.165, 1.54) is 12.8 Å². The van der Waals surface area contributed by atoms with Gasteiger partial charge in [0, 0.05) is 0 Å². The van der Waals surface area contributed by atoms with Crippen molar-refractivity contribution in [2.75, 3.05) is 6.61 Å². The van der Waals surface area contributed by atoms with Crippen LogP contribution in [0.5, 0.6) is 0 Å². The molecular weight excluding hydrogens is 289 g/mol. The van der Waals surface area contributed by atoms with Crippen LogP contribution in [-0.2, 0) is 14.1 Å². The molecule has 0 amide bonds. The molecule has 0 aromatic heterocycles. The second-order valence-electron chi connectivity index (χ2n) is 4.15. The van der Waals surface area contributed by atoms with Crippen LogP contribution in [0.3, 0.4) is 0 Å². The largest absolute Gasteiger partial charge is 1.00 e. The zero-order valence-electron chi connectivity index (χ0n) is 12.5. The molecule has 8 heteroatoms. The van der Waals surface area contributed by atoms with Crippen molar-refractivity contribution >= 4 is 13.6 Å². The fourth-order valence-electron chi connectivity index (χ4n) is 1.30. The summed E-state index contributed by atoms with van der Waals surface area (Å²) >= 11 is 0. The Kier molecular flexibility index (Phi) is 19.6. The van der Waals surface area contributed by atoms with Gasteiger partial charge in [0.25, 0.3) is 0 Å². The number of ether oxygens (including phenoxy) is 1. The second kappa shape index (κ2) is 14.6. The number of hydrogen-bond donors (Lipinski definition) is 0. The van der Waals surface area contributed by atoms with E-state index in [2.05, 4.69) is 6.92 Å². The molecular formula is C11H21Na2O5P. The van der Waals surface area contributed by atoms with Gasteiger partial charge in [0.1, 0.15) is 0 Å². The molecule has 0 aromatic rings. The summed E-state index contributed by atoms with van der Waals surface area (Å²) in [7, 11) is -4.86. The van der Waals surface area contributed by atoms with Gasteiger partial charge in [0.2, 0.25) is 0 Å². The average molecular weight is 310 g/mol. The topological polar surface area (TPSA) is 89.5 Å². The number of esters is 1. The number of carbonyl (C=O) groups excluding carboxylic acids is 1. The van der Waals surface area contributed by atoms with Crippen LogP contribution in [0.15, 0.2) is 0 Å². The van der Waals surface area contributed by atoms with Crippen molar-refractivity contribution in [3.63, 3.8) is 0 Å². The molecule has 0 saturated carbocycles. The maximum atomic E-state index is 11.1. The molecule has 102 valence electrons. The zero-order valence-corrected chi connectivity index (χ0v) is 17.4. The van der Waals surface area contributed by atoms with E-state index < -0.39 is 19.2 Å². The quantitative estimate of drug-likeness (QED) is 0.185. The van der Waals surface area contributed by atoms with E-state index in [0.717, 1.165) is 26.2 Å². The predicted octanol–water partition coefficient (Wildman–Crippen LogP) is -4.80. The minimum atomic E-state index is -4.86. The van der Waals surface area contributed by atoms with Crippen molar-refractivity contribution in [2.24, 2.45) is 0 Å². The Morgan fingerprint density at radius 3 is 2.05 bits per heavy atom. The first-order chi connectivity index (χ1) is 7.89. The van der Waals surface area contributed by atoms with Crippen molar-refractivity contribution in [2.45, 2.75) is 58.0 Å². The van der Waals surface area contributed by atoms with E-state index in [0.29, 0.717) is 6.42 Å². The molecule has 1 atom stereocenters. The van der Waals surface area contributed by atoms with E-state index in [9.17, 15) is 19.1 Å². The van der Waals surface area contributed by atoms with E-state index in [4.69, 9.17) is 4.74 Å². The minimum Gasteiger partial charge on any atom is -0.810 e. The Hall–Kier alpha value is 1.62. The maximum Gasteiger partial charge on any atom is 1.00 e. The summed E-state index contributed by atoms with van der Waals surface area (Å²) in [5.41, 5.74) is -1.58. The molecule has 0 spiro atoms. The van der Waals surface area contributed by atoms with Crippen molar-refractivity contribution in [1.29, 1.82) is 0 Å². The molecule has 0 N–H and O–H groups in total.